The van der Waals surface area contributed by atoms with Crippen molar-refractivity contribution in [2.75, 3.05) is 37.3 Å². The number of benzene rings is 3. The molecule has 0 radical (unpaired) electrons. The number of carbonyl (C=O) groups is 1. The zero-order valence-corrected chi connectivity index (χ0v) is 25.5. The Bertz CT molecular complexity index is 1850. The maximum Gasteiger partial charge on any atom is 0.410 e. The van der Waals surface area contributed by atoms with Crippen LogP contribution in [-0.4, -0.2) is 67.9 Å². The van der Waals surface area contributed by atoms with Crippen LogP contribution in [-0.2, 0) is 38.9 Å². The predicted octanol–water partition coefficient (Wildman–Crippen LogP) is 4.90. The van der Waals surface area contributed by atoms with Gasteiger partial charge in [0.05, 0.1) is 18.4 Å². The maximum absolute atomic E-state index is 13.1. The molecule has 2 aliphatic rings. The highest BCUT2D eigenvalue weighted by molar-refractivity contribution is 7.90. The molecule has 1 aromatic heterocycles. The fourth-order valence-electron chi connectivity index (χ4n) is 6.04. The van der Waals surface area contributed by atoms with E-state index in [1.54, 1.807) is 4.90 Å². The van der Waals surface area contributed by atoms with Gasteiger partial charge in [0.15, 0.2) is 0 Å². The lowest BCUT2D eigenvalue weighted by molar-refractivity contribution is 0.0264. The van der Waals surface area contributed by atoms with E-state index in [1.165, 1.54) is 0 Å². The first-order valence-electron chi connectivity index (χ1n) is 14.5. The lowest BCUT2D eigenvalue weighted by Crippen LogP contribution is -2.57. The molecule has 3 heterocycles. The highest BCUT2D eigenvalue weighted by atomic mass is 32.2. The van der Waals surface area contributed by atoms with Crippen LogP contribution in [0.15, 0.2) is 71.9 Å². The van der Waals surface area contributed by atoms with Crippen LogP contribution in [0.4, 0.5) is 10.6 Å². The highest BCUT2D eigenvalue weighted by Gasteiger charge is 2.37. The minimum absolute atomic E-state index is 0.0716. The Hall–Kier alpha value is -4.53. The fourth-order valence-corrected chi connectivity index (χ4v) is 6.57. The molecule has 10 nitrogen and oxygen atoms in total. The molecule has 11 heteroatoms. The molecule has 44 heavy (non-hydrogen) atoms. The molecule has 0 aliphatic carbocycles. The summed E-state index contributed by atoms with van der Waals surface area (Å²) in [6.45, 7) is 11.0. The number of fused-ring (bicyclic) bond motifs is 2. The monoisotopic (exact) mass is 611 g/mol. The van der Waals surface area contributed by atoms with Gasteiger partial charge in [-0.3, -0.25) is 4.90 Å². The van der Waals surface area contributed by atoms with Crippen LogP contribution in [0.1, 0.15) is 34.1 Å². The van der Waals surface area contributed by atoms with Crippen LogP contribution in [0.3, 0.4) is 0 Å². The number of hydrogen-bond donors (Lipinski definition) is 0. The van der Waals surface area contributed by atoms with E-state index < -0.39 is 22.0 Å². The first-order chi connectivity index (χ1) is 21.2. The number of nitrogens with zero attached hydrogens (tertiary/aromatic N) is 5. The van der Waals surface area contributed by atoms with Crippen molar-refractivity contribution in [2.45, 2.75) is 43.9 Å². The van der Waals surface area contributed by atoms with E-state index in [2.05, 4.69) is 46.0 Å². The van der Waals surface area contributed by atoms with E-state index in [9.17, 15) is 13.2 Å². The predicted molar refractivity (Wildman–Crippen MR) is 166 cm³/mol. The summed E-state index contributed by atoms with van der Waals surface area (Å²) in [5.41, 5.74) is 4.40. The quantitative estimate of drug-likeness (QED) is 0.224. The number of carbonyl (C=O) groups excluding carboxylic acids is 1. The van der Waals surface area contributed by atoms with Crippen molar-refractivity contribution in [1.82, 2.24) is 14.9 Å². The maximum atomic E-state index is 13.1. The van der Waals surface area contributed by atoms with Gasteiger partial charge in [-0.05, 0) is 34.4 Å². The van der Waals surface area contributed by atoms with Crippen molar-refractivity contribution in [3.05, 3.63) is 106 Å². The molecule has 2 atom stereocenters. The van der Waals surface area contributed by atoms with Crippen LogP contribution in [0, 0.1) is 13.5 Å². The molecule has 0 bridgehead atoms. The Morgan fingerprint density at radius 2 is 1.84 bits per heavy atom. The Labute approximate surface area is 257 Å². The lowest BCUT2D eigenvalue weighted by atomic mass is 9.92. The van der Waals surface area contributed by atoms with Crippen molar-refractivity contribution < 1.29 is 22.7 Å². The molecule has 0 saturated carbocycles. The lowest BCUT2D eigenvalue weighted by Gasteiger charge is -2.40. The number of hydrogen-bond acceptors (Lipinski definition) is 8. The van der Waals surface area contributed by atoms with Gasteiger partial charge in [0.1, 0.15) is 18.5 Å². The van der Waals surface area contributed by atoms with Crippen LogP contribution in [0.5, 0.6) is 0 Å². The molecule has 1 fully saturated rings. The largest absolute Gasteiger partial charge is 0.445 e. The molecule has 6 rings (SSSR count). The van der Waals surface area contributed by atoms with Crippen LogP contribution in [0.2, 0.25) is 0 Å². The second kappa shape index (κ2) is 12.2. The number of ether oxygens (including phenoxy) is 2. The fraction of sp³-hybridized carbons (Fsp3) is 0.333. The Morgan fingerprint density at radius 1 is 1.07 bits per heavy atom. The van der Waals surface area contributed by atoms with Gasteiger partial charge in [-0.2, -0.15) is 0 Å². The summed E-state index contributed by atoms with van der Waals surface area (Å²) in [4.78, 5) is 29.2. The summed E-state index contributed by atoms with van der Waals surface area (Å²) >= 11 is 0. The van der Waals surface area contributed by atoms with Gasteiger partial charge in [0, 0.05) is 37.9 Å². The smallest absolute Gasteiger partial charge is 0.410 e. The van der Waals surface area contributed by atoms with Gasteiger partial charge >= 0.3 is 6.09 Å². The van der Waals surface area contributed by atoms with Crippen molar-refractivity contribution >= 4 is 32.5 Å². The van der Waals surface area contributed by atoms with E-state index in [0.717, 1.165) is 39.3 Å². The van der Waals surface area contributed by atoms with E-state index in [0.29, 0.717) is 37.6 Å². The number of piperazine rings is 1. The van der Waals surface area contributed by atoms with E-state index in [4.69, 9.17) is 16.0 Å². The molecular formula is C33H33N5O5S. The first-order valence-corrected chi connectivity index (χ1v) is 16.4. The topological polar surface area (TPSA) is 106 Å². The van der Waals surface area contributed by atoms with Gasteiger partial charge in [-0.15, -0.1) is 0 Å². The summed E-state index contributed by atoms with van der Waals surface area (Å²) in [6, 6.07) is 21.3. The first kappa shape index (κ1) is 29.5. The zero-order chi connectivity index (χ0) is 30.8. The average molecular weight is 612 g/mol. The molecule has 0 spiro atoms. The third-order valence-electron chi connectivity index (χ3n) is 8.21. The molecule has 226 valence electrons. The van der Waals surface area contributed by atoms with E-state index in [-0.39, 0.29) is 31.0 Å². The Balaban J connectivity index is 1.29. The second-order valence-corrected chi connectivity index (χ2v) is 13.1. The molecule has 1 amide bonds. The molecule has 1 saturated heterocycles. The molecule has 1 unspecified atom stereocenters. The molecule has 2 aliphatic heterocycles. The molecule has 3 aromatic carbocycles. The third-order valence-corrected chi connectivity index (χ3v) is 9.05. The summed E-state index contributed by atoms with van der Waals surface area (Å²) in [7, 11) is -3.73. The van der Waals surface area contributed by atoms with Gasteiger partial charge in [0.2, 0.25) is 21.5 Å². The number of aryl methyl sites for hydroxylation is 1. The highest BCUT2D eigenvalue weighted by Crippen LogP contribution is 2.38. The minimum atomic E-state index is -3.73. The van der Waals surface area contributed by atoms with Gasteiger partial charge in [-0.25, -0.2) is 29.8 Å². The van der Waals surface area contributed by atoms with Crippen LogP contribution in [0.25, 0.3) is 15.6 Å². The number of sulfone groups is 1. The Morgan fingerprint density at radius 3 is 2.59 bits per heavy atom. The summed E-state index contributed by atoms with van der Waals surface area (Å²) in [5.74, 6) is 0.468. The van der Waals surface area contributed by atoms with Crippen molar-refractivity contribution in [2.24, 2.45) is 0 Å². The minimum Gasteiger partial charge on any atom is -0.445 e. The molecular weight excluding hydrogens is 578 g/mol. The second-order valence-electron chi connectivity index (χ2n) is 11.2. The summed E-state index contributed by atoms with van der Waals surface area (Å²) in [6.07, 6.45) is 0.693. The number of aromatic nitrogens is 2. The number of anilines is 1. The van der Waals surface area contributed by atoms with Crippen molar-refractivity contribution in [1.29, 1.82) is 0 Å². The van der Waals surface area contributed by atoms with Crippen LogP contribution >= 0.6 is 0 Å². The number of amides is 1. The van der Waals surface area contributed by atoms with E-state index >= 15 is 0 Å². The average Bonchev–Trinajstić information content (AvgIpc) is 3.03. The zero-order valence-electron chi connectivity index (χ0n) is 24.6. The van der Waals surface area contributed by atoms with E-state index in [1.807, 2.05) is 47.4 Å². The molecule has 0 N–H and O–H groups in total. The van der Waals surface area contributed by atoms with Crippen molar-refractivity contribution in [3.63, 3.8) is 0 Å². The number of rotatable bonds is 6. The Kier molecular flexibility index (Phi) is 8.21. The van der Waals surface area contributed by atoms with Gasteiger partial charge < -0.3 is 19.2 Å². The SMILES string of the molecule is [C-]#[N+]C[C@H]1CN(c2nc(S(C)(=O)=O)nc3c2COC(c2cccc4cccc(C)c24)C3)CCN1C(=O)OCc1ccccc1. The van der Waals surface area contributed by atoms with Crippen LogP contribution < -0.4 is 4.90 Å². The standard InChI is InChI=1S/C33H33N5O5S/c1-22-9-7-12-24-13-8-14-26(30(22)24)29-17-28-27(21-42-29)31(36-32(35-28)44(3,40)41)37-15-16-38(25(19-37)18-34-2)33(39)43-20-23-10-5-4-6-11-23/h4-14,25,29H,15-21H2,1,3H3/t25-,29?/m0/s1. The molecule has 4 aromatic rings. The van der Waals surface area contributed by atoms with Crippen molar-refractivity contribution in [3.8, 4) is 0 Å². The van der Waals surface area contributed by atoms with Gasteiger partial charge in [-0.1, -0.05) is 66.7 Å². The van der Waals surface area contributed by atoms with Gasteiger partial charge in [0.25, 0.3) is 0 Å². The normalized spacial score (nSPS) is 18.5. The summed E-state index contributed by atoms with van der Waals surface area (Å²) < 4.78 is 37.5. The summed E-state index contributed by atoms with van der Waals surface area (Å²) in [5, 5.41) is 1.99. The third kappa shape index (κ3) is 5.96.